The van der Waals surface area contributed by atoms with Crippen LogP contribution in [0.4, 0.5) is 0 Å². The summed E-state index contributed by atoms with van der Waals surface area (Å²) in [7, 11) is 0. The molecule has 9 heavy (non-hydrogen) atoms. The van der Waals surface area contributed by atoms with Gasteiger partial charge in [0.1, 0.15) is 0 Å². The van der Waals surface area contributed by atoms with E-state index in [2.05, 4.69) is 11.5 Å². The molecule has 0 aromatic rings. The summed E-state index contributed by atoms with van der Waals surface area (Å²) >= 11 is -1.41. The van der Waals surface area contributed by atoms with Crippen LogP contribution in [0, 0.1) is 0 Å². The van der Waals surface area contributed by atoms with Crippen molar-refractivity contribution < 1.29 is 0 Å². The molecule has 3 heteroatoms. The number of nitrogens with two attached hydrogens (primary N) is 2. The number of hydrogen-bond acceptors (Lipinski definition) is 2. The van der Waals surface area contributed by atoms with Crippen LogP contribution in [0.1, 0.15) is 0 Å². The number of hydrogen-bond donors (Lipinski definition) is 2. The summed E-state index contributed by atoms with van der Waals surface area (Å²) in [5, 5.41) is 2.52. The normalized spacial score (nSPS) is 12.0. The maximum atomic E-state index is 5.45. The molecule has 0 unspecified atom stereocenters. The summed E-state index contributed by atoms with van der Waals surface area (Å²) < 4.78 is 0. The van der Waals surface area contributed by atoms with Crippen LogP contribution in [0.2, 0.25) is 22.0 Å². The van der Waals surface area contributed by atoms with Crippen molar-refractivity contribution in [2.45, 2.75) is 22.0 Å². The molecule has 0 aromatic heterocycles. The van der Waals surface area contributed by atoms with Crippen LogP contribution in [-0.2, 0) is 0 Å². The van der Waals surface area contributed by atoms with Gasteiger partial charge in [0.05, 0.1) is 0 Å². The van der Waals surface area contributed by atoms with Crippen molar-refractivity contribution in [1.82, 2.24) is 0 Å². The monoisotopic (exact) mass is 192 g/mol. The molecule has 0 aromatic carbocycles. The summed E-state index contributed by atoms with van der Waals surface area (Å²) in [5.74, 6) is 4.78. The summed E-state index contributed by atoms with van der Waals surface area (Å²) in [4.78, 5) is 0. The van der Waals surface area contributed by atoms with Crippen LogP contribution in [-0.4, -0.2) is 26.4 Å². The van der Waals surface area contributed by atoms with Gasteiger partial charge in [0.25, 0.3) is 0 Å². The SMILES string of the molecule is [CH3][Ge]([CH3])([CH2]CN)[CH2]CN. The molecule has 0 bridgehead atoms. The van der Waals surface area contributed by atoms with Crippen molar-refractivity contribution >= 4 is 13.3 Å². The van der Waals surface area contributed by atoms with E-state index in [1.54, 1.807) is 0 Å². The first-order chi connectivity index (χ1) is 4.12. The molecule has 0 aliphatic heterocycles. The average Bonchev–Trinajstić information content (AvgIpc) is 1.64. The Morgan fingerprint density at radius 1 is 1.00 bits per heavy atom. The second-order valence-corrected chi connectivity index (χ2v) is 14.4. The molecule has 0 amide bonds. The molecule has 4 N–H and O–H groups in total. The van der Waals surface area contributed by atoms with E-state index < -0.39 is 13.3 Å². The van der Waals surface area contributed by atoms with Gasteiger partial charge >= 0.3 is 59.8 Å². The Morgan fingerprint density at radius 2 is 1.33 bits per heavy atom. The molecule has 0 saturated heterocycles. The van der Waals surface area contributed by atoms with Crippen molar-refractivity contribution in [2.24, 2.45) is 11.5 Å². The zero-order chi connectivity index (χ0) is 7.33. The molecular formula is C6H18GeN2. The Labute approximate surface area is 60.3 Å². The van der Waals surface area contributed by atoms with E-state index in [0.717, 1.165) is 13.1 Å². The van der Waals surface area contributed by atoms with Gasteiger partial charge < -0.3 is 0 Å². The van der Waals surface area contributed by atoms with Crippen molar-refractivity contribution in [3.05, 3.63) is 0 Å². The van der Waals surface area contributed by atoms with E-state index in [-0.39, 0.29) is 0 Å². The number of rotatable bonds is 4. The Balaban J connectivity index is 3.43. The minimum atomic E-state index is -1.41. The fourth-order valence-corrected chi connectivity index (χ4v) is 4.71. The molecule has 56 valence electrons. The fraction of sp³-hybridized carbons (Fsp3) is 1.00. The standard InChI is InChI=1S/C6H18GeN2/c1-7(2,3-5-8)4-6-9/h3-6,8-9H2,1-2H3. The van der Waals surface area contributed by atoms with Gasteiger partial charge in [0.2, 0.25) is 0 Å². The molecule has 0 radical (unpaired) electrons. The Morgan fingerprint density at radius 3 is 1.56 bits per heavy atom. The van der Waals surface area contributed by atoms with E-state index in [1.807, 2.05) is 0 Å². The van der Waals surface area contributed by atoms with Crippen molar-refractivity contribution in [1.29, 1.82) is 0 Å². The topological polar surface area (TPSA) is 52.0 Å². The molecule has 0 aliphatic carbocycles. The van der Waals surface area contributed by atoms with Gasteiger partial charge in [0, 0.05) is 0 Å². The maximum absolute atomic E-state index is 5.45. The van der Waals surface area contributed by atoms with Gasteiger partial charge in [-0.3, -0.25) is 0 Å². The van der Waals surface area contributed by atoms with Gasteiger partial charge in [-0.25, -0.2) is 0 Å². The first-order valence-corrected chi connectivity index (χ1v) is 10.7. The first kappa shape index (κ1) is 9.46. The van der Waals surface area contributed by atoms with Gasteiger partial charge in [-0.1, -0.05) is 0 Å². The molecule has 0 fully saturated rings. The third-order valence-corrected chi connectivity index (χ3v) is 8.53. The fourth-order valence-electron chi connectivity index (χ4n) is 0.906. The Bertz CT molecular complexity index is 65.5. The second kappa shape index (κ2) is 4.31. The van der Waals surface area contributed by atoms with Crippen molar-refractivity contribution in [3.63, 3.8) is 0 Å². The molecule has 2 nitrogen and oxygen atoms in total. The van der Waals surface area contributed by atoms with E-state index in [4.69, 9.17) is 11.5 Å². The van der Waals surface area contributed by atoms with Crippen LogP contribution in [0.25, 0.3) is 0 Å². The third kappa shape index (κ3) is 4.94. The Kier molecular flexibility index (Phi) is 4.53. The van der Waals surface area contributed by atoms with Gasteiger partial charge in [0.15, 0.2) is 0 Å². The van der Waals surface area contributed by atoms with Crippen LogP contribution in [0.15, 0.2) is 0 Å². The summed E-state index contributed by atoms with van der Waals surface area (Å²) in [6, 6.07) is 0. The molecule has 0 heterocycles. The van der Waals surface area contributed by atoms with E-state index in [9.17, 15) is 0 Å². The predicted molar refractivity (Wildman–Crippen MR) is 45.2 cm³/mol. The van der Waals surface area contributed by atoms with Crippen molar-refractivity contribution in [2.75, 3.05) is 13.1 Å². The van der Waals surface area contributed by atoms with Gasteiger partial charge in [-0.05, 0) is 0 Å². The first-order valence-electron chi connectivity index (χ1n) is 3.52. The van der Waals surface area contributed by atoms with Gasteiger partial charge in [-0.2, -0.15) is 0 Å². The zero-order valence-corrected chi connectivity index (χ0v) is 8.58. The average molecular weight is 191 g/mol. The van der Waals surface area contributed by atoms with Gasteiger partial charge in [-0.15, -0.1) is 0 Å². The predicted octanol–water partition coefficient (Wildman–Crippen LogP) is 0.612. The molecule has 0 aliphatic rings. The second-order valence-electron chi connectivity index (χ2n) is 3.24. The Hall–Kier alpha value is 0.463. The summed E-state index contributed by atoms with van der Waals surface area (Å²) in [5.41, 5.74) is 10.9. The van der Waals surface area contributed by atoms with E-state index in [0.29, 0.717) is 0 Å². The summed E-state index contributed by atoms with van der Waals surface area (Å²) in [6.07, 6.45) is 0. The molecule has 0 rings (SSSR count). The van der Waals surface area contributed by atoms with Crippen molar-refractivity contribution in [3.8, 4) is 0 Å². The summed E-state index contributed by atoms with van der Waals surface area (Å²) in [6.45, 7) is 1.71. The quantitative estimate of drug-likeness (QED) is 0.639. The molecule has 0 atom stereocenters. The van der Waals surface area contributed by atoms with Crippen LogP contribution >= 0.6 is 0 Å². The van der Waals surface area contributed by atoms with Crippen LogP contribution in [0.3, 0.4) is 0 Å². The molecule has 0 saturated carbocycles. The molecule has 0 spiro atoms. The van der Waals surface area contributed by atoms with Crippen LogP contribution < -0.4 is 11.5 Å². The van der Waals surface area contributed by atoms with E-state index in [1.165, 1.54) is 10.5 Å². The molecular weight excluding hydrogens is 173 g/mol. The zero-order valence-electron chi connectivity index (χ0n) is 6.48. The third-order valence-electron chi connectivity index (χ3n) is 1.64. The minimum absolute atomic E-state index is 0.854. The van der Waals surface area contributed by atoms with E-state index >= 15 is 0 Å². The van der Waals surface area contributed by atoms with Crippen LogP contribution in [0.5, 0.6) is 0 Å².